The Balaban J connectivity index is 2.16. The molecule has 16 heavy (non-hydrogen) atoms. The van der Waals surface area contributed by atoms with E-state index in [-0.39, 0.29) is 0 Å². The molecule has 0 aliphatic heterocycles. The Morgan fingerprint density at radius 2 is 1.94 bits per heavy atom. The van der Waals surface area contributed by atoms with Gasteiger partial charge in [-0.3, -0.25) is 0 Å². The highest BCUT2D eigenvalue weighted by Gasteiger charge is 2.00. The van der Waals surface area contributed by atoms with Crippen LogP contribution in [0.1, 0.15) is 11.4 Å². The van der Waals surface area contributed by atoms with Crippen molar-refractivity contribution in [3.63, 3.8) is 0 Å². The van der Waals surface area contributed by atoms with Gasteiger partial charge in [0.05, 0.1) is 0 Å². The third-order valence-corrected chi connectivity index (χ3v) is 2.77. The molecular formula is C12H12BrN3. The third kappa shape index (κ3) is 2.79. The lowest BCUT2D eigenvalue weighted by Crippen LogP contribution is -2.00. The first-order valence-electron chi connectivity index (χ1n) is 5.02. The van der Waals surface area contributed by atoms with Gasteiger partial charge in [-0.15, -0.1) is 0 Å². The zero-order valence-electron chi connectivity index (χ0n) is 8.94. The van der Waals surface area contributed by atoms with Crippen molar-refractivity contribution in [3.8, 4) is 0 Å². The fraction of sp³-hybridized carbons (Fsp3) is 0.167. The fourth-order valence-electron chi connectivity index (χ4n) is 1.41. The number of anilines is 1. The highest BCUT2D eigenvalue weighted by atomic mass is 79.9. The maximum atomic E-state index is 4.38. The van der Waals surface area contributed by atoms with Gasteiger partial charge >= 0.3 is 0 Å². The first kappa shape index (κ1) is 11.1. The van der Waals surface area contributed by atoms with Gasteiger partial charge in [-0.2, -0.15) is 0 Å². The molecule has 2 rings (SSSR count). The Morgan fingerprint density at radius 1 is 1.19 bits per heavy atom. The minimum Gasteiger partial charge on any atom is -0.373 e. The van der Waals surface area contributed by atoms with Gasteiger partial charge in [0, 0.05) is 24.1 Å². The standard InChI is InChI=1S/C12H12BrN3/c1-14-11-6-7-15-12(16-11)8-9-2-4-10(13)5-3-9/h2-7H,8H2,1H3,(H,14,15,16). The van der Waals surface area contributed by atoms with Gasteiger partial charge < -0.3 is 5.32 Å². The number of aromatic nitrogens is 2. The second-order valence-electron chi connectivity index (χ2n) is 3.41. The van der Waals surface area contributed by atoms with E-state index < -0.39 is 0 Å². The van der Waals surface area contributed by atoms with Gasteiger partial charge in [0.25, 0.3) is 0 Å². The number of nitrogens with one attached hydrogen (secondary N) is 1. The first-order valence-corrected chi connectivity index (χ1v) is 5.81. The Morgan fingerprint density at radius 3 is 2.62 bits per heavy atom. The van der Waals surface area contributed by atoms with Crippen LogP contribution >= 0.6 is 15.9 Å². The molecule has 1 heterocycles. The van der Waals surface area contributed by atoms with Gasteiger partial charge in [-0.25, -0.2) is 9.97 Å². The summed E-state index contributed by atoms with van der Waals surface area (Å²) in [5.41, 5.74) is 1.21. The maximum absolute atomic E-state index is 4.38. The van der Waals surface area contributed by atoms with E-state index in [1.54, 1.807) is 6.20 Å². The fourth-order valence-corrected chi connectivity index (χ4v) is 1.67. The summed E-state index contributed by atoms with van der Waals surface area (Å²) in [6, 6.07) is 10.0. The monoisotopic (exact) mass is 277 g/mol. The molecule has 0 aliphatic rings. The van der Waals surface area contributed by atoms with E-state index in [4.69, 9.17) is 0 Å². The Bertz CT molecular complexity index is 468. The van der Waals surface area contributed by atoms with E-state index in [9.17, 15) is 0 Å². The van der Waals surface area contributed by atoms with Crippen LogP contribution in [0.25, 0.3) is 0 Å². The average Bonchev–Trinajstić information content (AvgIpc) is 2.32. The SMILES string of the molecule is CNc1ccnc(Cc2ccc(Br)cc2)n1. The zero-order chi connectivity index (χ0) is 11.4. The molecule has 0 bridgehead atoms. The van der Waals surface area contributed by atoms with Crippen LogP contribution in [-0.2, 0) is 6.42 Å². The van der Waals surface area contributed by atoms with Crippen LogP contribution in [0.4, 0.5) is 5.82 Å². The molecule has 0 fully saturated rings. The van der Waals surface area contributed by atoms with E-state index in [1.165, 1.54) is 5.56 Å². The smallest absolute Gasteiger partial charge is 0.135 e. The van der Waals surface area contributed by atoms with Crippen molar-refractivity contribution in [1.82, 2.24) is 9.97 Å². The van der Waals surface area contributed by atoms with Crippen LogP contribution in [0.2, 0.25) is 0 Å². The van der Waals surface area contributed by atoms with Crippen molar-refractivity contribution < 1.29 is 0 Å². The molecule has 0 unspecified atom stereocenters. The topological polar surface area (TPSA) is 37.8 Å². The van der Waals surface area contributed by atoms with Gasteiger partial charge in [-0.1, -0.05) is 28.1 Å². The molecule has 4 heteroatoms. The van der Waals surface area contributed by atoms with Crippen molar-refractivity contribution in [1.29, 1.82) is 0 Å². The van der Waals surface area contributed by atoms with Crippen molar-refractivity contribution >= 4 is 21.7 Å². The molecule has 82 valence electrons. The van der Waals surface area contributed by atoms with Crippen LogP contribution in [0.15, 0.2) is 41.0 Å². The number of nitrogens with zero attached hydrogens (tertiary/aromatic N) is 2. The molecule has 0 radical (unpaired) electrons. The molecule has 0 amide bonds. The predicted octanol–water partition coefficient (Wildman–Crippen LogP) is 2.87. The summed E-state index contributed by atoms with van der Waals surface area (Å²) in [6.45, 7) is 0. The molecule has 1 aromatic carbocycles. The summed E-state index contributed by atoms with van der Waals surface area (Å²) in [6.07, 6.45) is 2.52. The van der Waals surface area contributed by atoms with Crippen molar-refractivity contribution in [3.05, 3.63) is 52.4 Å². The lowest BCUT2D eigenvalue weighted by atomic mass is 10.1. The van der Waals surface area contributed by atoms with Crippen LogP contribution < -0.4 is 5.32 Å². The number of rotatable bonds is 3. The Kier molecular flexibility index (Phi) is 3.51. The zero-order valence-corrected chi connectivity index (χ0v) is 10.5. The molecule has 0 atom stereocenters. The van der Waals surface area contributed by atoms with Crippen LogP contribution in [0.5, 0.6) is 0 Å². The largest absolute Gasteiger partial charge is 0.373 e. The summed E-state index contributed by atoms with van der Waals surface area (Å²) >= 11 is 3.41. The van der Waals surface area contributed by atoms with Crippen molar-refractivity contribution in [2.75, 3.05) is 12.4 Å². The molecule has 0 aliphatic carbocycles. The minimum absolute atomic E-state index is 0.753. The normalized spacial score (nSPS) is 10.1. The first-order chi connectivity index (χ1) is 7.78. The maximum Gasteiger partial charge on any atom is 0.135 e. The molecule has 0 saturated carbocycles. The Hall–Kier alpha value is -1.42. The quantitative estimate of drug-likeness (QED) is 0.938. The van der Waals surface area contributed by atoms with Crippen LogP contribution in [-0.4, -0.2) is 17.0 Å². The van der Waals surface area contributed by atoms with Gasteiger partial charge in [0.1, 0.15) is 11.6 Å². The Labute approximate surface area is 103 Å². The van der Waals surface area contributed by atoms with Gasteiger partial charge in [0.2, 0.25) is 0 Å². The molecular weight excluding hydrogens is 266 g/mol. The van der Waals surface area contributed by atoms with Crippen LogP contribution in [0, 0.1) is 0 Å². The molecule has 1 N–H and O–H groups in total. The summed E-state index contributed by atoms with van der Waals surface area (Å²) < 4.78 is 1.08. The van der Waals surface area contributed by atoms with Crippen molar-refractivity contribution in [2.24, 2.45) is 0 Å². The summed E-state index contributed by atoms with van der Waals surface area (Å²) in [4.78, 5) is 8.62. The lowest BCUT2D eigenvalue weighted by molar-refractivity contribution is 0.969. The number of halogens is 1. The molecule has 0 spiro atoms. The molecule has 1 aromatic heterocycles. The van der Waals surface area contributed by atoms with Gasteiger partial charge in [-0.05, 0) is 23.8 Å². The van der Waals surface area contributed by atoms with E-state index in [0.29, 0.717) is 0 Å². The second kappa shape index (κ2) is 5.07. The molecule has 3 nitrogen and oxygen atoms in total. The second-order valence-corrected chi connectivity index (χ2v) is 4.33. The minimum atomic E-state index is 0.753. The van der Waals surface area contributed by atoms with E-state index in [2.05, 4.69) is 43.3 Å². The van der Waals surface area contributed by atoms with Crippen molar-refractivity contribution in [2.45, 2.75) is 6.42 Å². The lowest BCUT2D eigenvalue weighted by Gasteiger charge is -2.03. The summed E-state index contributed by atoms with van der Waals surface area (Å²) in [5, 5.41) is 3.00. The highest BCUT2D eigenvalue weighted by molar-refractivity contribution is 9.10. The van der Waals surface area contributed by atoms with Gasteiger partial charge in [0.15, 0.2) is 0 Å². The summed E-state index contributed by atoms with van der Waals surface area (Å²) in [5.74, 6) is 1.68. The summed E-state index contributed by atoms with van der Waals surface area (Å²) in [7, 11) is 1.85. The number of benzene rings is 1. The molecule has 2 aromatic rings. The van der Waals surface area contributed by atoms with E-state index in [1.807, 2.05) is 25.2 Å². The average molecular weight is 278 g/mol. The highest BCUT2D eigenvalue weighted by Crippen LogP contribution is 2.13. The predicted molar refractivity (Wildman–Crippen MR) is 68.5 cm³/mol. The number of hydrogen-bond donors (Lipinski definition) is 1. The third-order valence-electron chi connectivity index (χ3n) is 2.24. The van der Waals surface area contributed by atoms with Crippen LogP contribution in [0.3, 0.4) is 0 Å². The number of hydrogen-bond acceptors (Lipinski definition) is 3. The van der Waals surface area contributed by atoms with E-state index in [0.717, 1.165) is 22.5 Å². The van der Waals surface area contributed by atoms with E-state index >= 15 is 0 Å². The molecule has 0 saturated heterocycles.